The Hall–Kier alpha value is -2.59. The lowest BCUT2D eigenvalue weighted by molar-refractivity contribution is -0.114. The third-order valence-corrected chi connectivity index (χ3v) is 4.11. The molecule has 1 N–H and O–H groups in total. The van der Waals surface area contributed by atoms with Crippen LogP contribution in [0.3, 0.4) is 0 Å². The van der Waals surface area contributed by atoms with Gasteiger partial charge in [-0.2, -0.15) is 10.1 Å². The fourth-order valence-corrected chi connectivity index (χ4v) is 2.51. The van der Waals surface area contributed by atoms with Crippen LogP contribution in [0.5, 0.6) is 5.75 Å². The lowest BCUT2D eigenvalue weighted by Crippen LogP contribution is -2.21. The normalized spacial score (nSPS) is 16.1. The van der Waals surface area contributed by atoms with Crippen molar-refractivity contribution in [1.29, 1.82) is 0 Å². The van der Waals surface area contributed by atoms with Gasteiger partial charge in [-0.25, -0.2) is 0 Å². The van der Waals surface area contributed by atoms with Crippen LogP contribution in [0, 0.1) is 6.92 Å². The minimum atomic E-state index is -0.245. The highest BCUT2D eigenvalue weighted by atomic mass is 35.5. The van der Waals surface area contributed by atoms with E-state index in [2.05, 4.69) is 5.10 Å². The summed E-state index contributed by atoms with van der Waals surface area (Å²) in [7, 11) is 0. The van der Waals surface area contributed by atoms with Gasteiger partial charge < -0.3 is 5.11 Å². The van der Waals surface area contributed by atoms with Crippen molar-refractivity contribution in [3.63, 3.8) is 0 Å². The van der Waals surface area contributed by atoms with Gasteiger partial charge in [0.25, 0.3) is 5.91 Å². The number of hydrazone groups is 1. The van der Waals surface area contributed by atoms with E-state index < -0.39 is 0 Å². The number of carbonyl (C=O) groups excluding carboxylic acids is 1. The molecule has 1 heterocycles. The number of hydrogen-bond acceptors (Lipinski definition) is 3. The second-order valence-electron chi connectivity index (χ2n) is 5.35. The maximum atomic E-state index is 12.6. The van der Waals surface area contributed by atoms with E-state index in [9.17, 15) is 9.90 Å². The molecule has 0 saturated carbocycles. The predicted molar refractivity (Wildman–Crippen MR) is 92.9 cm³/mol. The number of aromatic hydroxyl groups is 1. The van der Waals surface area contributed by atoms with Gasteiger partial charge in [0.2, 0.25) is 0 Å². The van der Waals surface area contributed by atoms with Gasteiger partial charge in [-0.3, -0.25) is 4.79 Å². The van der Waals surface area contributed by atoms with E-state index in [1.54, 1.807) is 49.4 Å². The van der Waals surface area contributed by atoms with Crippen molar-refractivity contribution in [3.8, 4) is 5.75 Å². The summed E-state index contributed by atoms with van der Waals surface area (Å²) < 4.78 is 0. The first kappa shape index (κ1) is 15.3. The number of nitrogens with zero attached hydrogens (tertiary/aromatic N) is 2. The van der Waals surface area contributed by atoms with Crippen LogP contribution >= 0.6 is 11.6 Å². The predicted octanol–water partition coefficient (Wildman–Crippen LogP) is 4.16. The third-order valence-electron chi connectivity index (χ3n) is 3.70. The van der Waals surface area contributed by atoms with E-state index in [-0.39, 0.29) is 11.7 Å². The number of carbonyl (C=O) groups is 1. The van der Waals surface area contributed by atoms with Crippen LogP contribution in [-0.2, 0) is 4.79 Å². The highest BCUT2D eigenvalue weighted by Gasteiger charge is 2.29. The quantitative estimate of drug-likeness (QED) is 0.842. The van der Waals surface area contributed by atoms with E-state index in [4.69, 9.17) is 11.6 Å². The molecule has 0 aliphatic carbocycles. The molecule has 23 heavy (non-hydrogen) atoms. The molecular formula is C18H15ClN2O2. The lowest BCUT2D eigenvalue weighted by atomic mass is 10.1. The van der Waals surface area contributed by atoms with Crippen molar-refractivity contribution < 1.29 is 9.90 Å². The summed E-state index contributed by atoms with van der Waals surface area (Å²) in [5.41, 5.74) is 3.17. The number of halogens is 1. The van der Waals surface area contributed by atoms with Gasteiger partial charge in [-0.15, -0.1) is 0 Å². The molecule has 1 aliphatic rings. The highest BCUT2D eigenvalue weighted by molar-refractivity contribution is 6.33. The average molecular weight is 327 g/mol. The van der Waals surface area contributed by atoms with Crippen LogP contribution < -0.4 is 5.01 Å². The van der Waals surface area contributed by atoms with Gasteiger partial charge in [0.1, 0.15) is 5.75 Å². The largest absolute Gasteiger partial charge is 0.507 e. The van der Waals surface area contributed by atoms with Crippen molar-refractivity contribution in [2.75, 3.05) is 5.01 Å². The van der Waals surface area contributed by atoms with Crippen molar-refractivity contribution >= 4 is 35.0 Å². The Balaban J connectivity index is 1.98. The molecule has 0 radical (unpaired) electrons. The van der Waals surface area contributed by atoms with Gasteiger partial charge in [0.05, 0.1) is 17.0 Å². The van der Waals surface area contributed by atoms with Crippen LogP contribution in [0.15, 0.2) is 53.1 Å². The highest BCUT2D eigenvalue weighted by Crippen LogP contribution is 2.29. The Kier molecular flexibility index (Phi) is 3.92. The molecule has 0 fully saturated rings. The van der Waals surface area contributed by atoms with Crippen LogP contribution in [0.1, 0.15) is 18.1 Å². The maximum absolute atomic E-state index is 12.6. The molecule has 0 aromatic heterocycles. The standard InChI is InChI=1S/C18H15ClN2O2/c1-11-7-8-14(10-16(11)19)21-18(23)15(12(2)20-21)9-13-5-3-4-6-17(13)22/h3-10,22H,1-2H3/b15-9-. The fourth-order valence-electron chi connectivity index (χ4n) is 2.34. The summed E-state index contributed by atoms with van der Waals surface area (Å²) in [5.74, 6) is -0.122. The minimum absolute atomic E-state index is 0.123. The molecule has 3 rings (SSSR count). The average Bonchev–Trinajstić information content (AvgIpc) is 2.80. The Morgan fingerprint density at radius 2 is 1.91 bits per heavy atom. The van der Waals surface area contributed by atoms with E-state index in [1.165, 1.54) is 5.01 Å². The molecule has 116 valence electrons. The number of phenols is 1. The summed E-state index contributed by atoms with van der Waals surface area (Å²) in [4.78, 5) is 12.6. The van der Waals surface area contributed by atoms with E-state index in [1.807, 2.05) is 13.0 Å². The van der Waals surface area contributed by atoms with E-state index in [0.29, 0.717) is 27.6 Å². The molecule has 0 saturated heterocycles. The summed E-state index contributed by atoms with van der Waals surface area (Å²) in [6, 6.07) is 12.2. The number of anilines is 1. The molecule has 0 unspecified atom stereocenters. The van der Waals surface area contributed by atoms with Gasteiger partial charge in [0.15, 0.2) is 0 Å². The summed E-state index contributed by atoms with van der Waals surface area (Å²) in [6.45, 7) is 3.66. The molecule has 4 nitrogen and oxygen atoms in total. The molecule has 0 spiro atoms. The van der Waals surface area contributed by atoms with Crippen LogP contribution in [0.2, 0.25) is 5.02 Å². The number of rotatable bonds is 2. The first-order valence-electron chi connectivity index (χ1n) is 7.13. The van der Waals surface area contributed by atoms with Crippen molar-refractivity contribution in [2.24, 2.45) is 5.10 Å². The number of benzene rings is 2. The second kappa shape index (κ2) is 5.89. The van der Waals surface area contributed by atoms with Crippen molar-refractivity contribution in [3.05, 3.63) is 64.2 Å². The molecule has 0 bridgehead atoms. The fraction of sp³-hybridized carbons (Fsp3) is 0.111. The van der Waals surface area contributed by atoms with Gasteiger partial charge in [0, 0.05) is 10.6 Å². The Labute approximate surface area is 139 Å². The lowest BCUT2D eigenvalue weighted by Gasteiger charge is -2.12. The van der Waals surface area contributed by atoms with Gasteiger partial charge in [-0.05, 0) is 43.7 Å². The SMILES string of the molecule is CC1=NN(c2ccc(C)c(Cl)c2)C(=O)/C1=C\c1ccccc1O. The number of amides is 1. The number of para-hydroxylation sites is 1. The van der Waals surface area contributed by atoms with E-state index >= 15 is 0 Å². The number of hydrogen-bond donors (Lipinski definition) is 1. The molecule has 1 amide bonds. The molecule has 1 aliphatic heterocycles. The zero-order chi connectivity index (χ0) is 16.6. The zero-order valence-corrected chi connectivity index (χ0v) is 13.5. The van der Waals surface area contributed by atoms with Crippen LogP contribution in [0.4, 0.5) is 5.69 Å². The van der Waals surface area contributed by atoms with Crippen molar-refractivity contribution in [1.82, 2.24) is 0 Å². The first-order chi connectivity index (χ1) is 11.0. The number of aryl methyl sites for hydroxylation is 1. The van der Waals surface area contributed by atoms with Crippen LogP contribution in [0.25, 0.3) is 6.08 Å². The third kappa shape index (κ3) is 2.85. The van der Waals surface area contributed by atoms with Gasteiger partial charge >= 0.3 is 0 Å². The molecular weight excluding hydrogens is 312 g/mol. The summed E-state index contributed by atoms with van der Waals surface area (Å²) in [6.07, 6.45) is 1.65. The first-order valence-corrected chi connectivity index (χ1v) is 7.51. The topological polar surface area (TPSA) is 52.9 Å². The van der Waals surface area contributed by atoms with E-state index in [0.717, 1.165) is 5.56 Å². The molecule has 2 aromatic carbocycles. The molecule has 5 heteroatoms. The second-order valence-corrected chi connectivity index (χ2v) is 5.76. The van der Waals surface area contributed by atoms with Crippen molar-refractivity contribution in [2.45, 2.75) is 13.8 Å². The summed E-state index contributed by atoms with van der Waals surface area (Å²) >= 11 is 6.13. The molecule has 0 atom stereocenters. The Morgan fingerprint density at radius 1 is 1.17 bits per heavy atom. The Bertz CT molecular complexity index is 856. The number of phenolic OH excluding ortho intramolecular Hbond substituents is 1. The maximum Gasteiger partial charge on any atom is 0.280 e. The molecule has 2 aromatic rings. The van der Waals surface area contributed by atoms with Crippen LogP contribution in [-0.4, -0.2) is 16.7 Å². The zero-order valence-electron chi connectivity index (χ0n) is 12.7. The Morgan fingerprint density at radius 3 is 2.61 bits per heavy atom. The smallest absolute Gasteiger partial charge is 0.280 e. The monoisotopic (exact) mass is 326 g/mol. The van der Waals surface area contributed by atoms with Gasteiger partial charge in [-0.1, -0.05) is 35.9 Å². The summed E-state index contributed by atoms with van der Waals surface area (Å²) in [5, 5.41) is 16.1. The minimum Gasteiger partial charge on any atom is -0.507 e.